The smallest absolute Gasteiger partial charge is 0.0460 e. The molecule has 0 saturated heterocycles. The van der Waals surface area contributed by atoms with Crippen molar-refractivity contribution in [3.8, 4) is 0 Å². The second-order valence-corrected chi connectivity index (χ2v) is 5.26. The van der Waals surface area contributed by atoms with Crippen LogP contribution < -0.4 is 5.32 Å². The van der Waals surface area contributed by atoms with E-state index in [-0.39, 0.29) is 0 Å². The van der Waals surface area contributed by atoms with E-state index in [0.717, 1.165) is 19.5 Å². The molecule has 88 valence electrons. The third-order valence-electron chi connectivity index (χ3n) is 3.32. The molecule has 0 aromatic heterocycles. The van der Waals surface area contributed by atoms with E-state index in [4.69, 9.17) is 11.6 Å². The SMILES string of the molecule is CCCC(Cl)CNCC1Cc2ccccc21. The second-order valence-electron chi connectivity index (χ2n) is 4.64. The molecule has 2 atom stereocenters. The third kappa shape index (κ3) is 2.78. The Bertz CT molecular complexity index is 337. The minimum atomic E-state index is 0.292. The van der Waals surface area contributed by atoms with E-state index in [1.54, 1.807) is 0 Å². The number of hydrogen-bond donors (Lipinski definition) is 1. The van der Waals surface area contributed by atoms with Gasteiger partial charge >= 0.3 is 0 Å². The number of halogens is 1. The molecule has 1 aromatic carbocycles. The van der Waals surface area contributed by atoms with E-state index in [1.807, 2.05) is 0 Å². The number of benzene rings is 1. The van der Waals surface area contributed by atoms with E-state index in [1.165, 1.54) is 24.0 Å². The number of rotatable bonds is 6. The monoisotopic (exact) mass is 237 g/mol. The summed E-state index contributed by atoms with van der Waals surface area (Å²) in [5.41, 5.74) is 3.04. The summed E-state index contributed by atoms with van der Waals surface area (Å²) < 4.78 is 0. The topological polar surface area (TPSA) is 12.0 Å². The van der Waals surface area contributed by atoms with Gasteiger partial charge in [-0.1, -0.05) is 37.6 Å². The maximum absolute atomic E-state index is 6.16. The fourth-order valence-electron chi connectivity index (χ4n) is 2.37. The summed E-state index contributed by atoms with van der Waals surface area (Å²) in [4.78, 5) is 0. The van der Waals surface area contributed by atoms with Crippen molar-refractivity contribution in [1.82, 2.24) is 5.32 Å². The molecule has 1 N–H and O–H groups in total. The fraction of sp³-hybridized carbons (Fsp3) is 0.571. The van der Waals surface area contributed by atoms with Crippen LogP contribution in [0.4, 0.5) is 0 Å². The Hall–Kier alpha value is -0.530. The number of nitrogens with one attached hydrogen (secondary N) is 1. The molecule has 0 amide bonds. The van der Waals surface area contributed by atoms with E-state index < -0.39 is 0 Å². The molecule has 1 aromatic rings. The highest BCUT2D eigenvalue weighted by atomic mass is 35.5. The van der Waals surface area contributed by atoms with Crippen LogP contribution in [0.5, 0.6) is 0 Å². The Kier molecular flexibility index (Phi) is 4.25. The van der Waals surface area contributed by atoms with Crippen molar-refractivity contribution >= 4 is 11.6 Å². The molecule has 2 unspecified atom stereocenters. The zero-order valence-corrected chi connectivity index (χ0v) is 10.6. The summed E-state index contributed by atoms with van der Waals surface area (Å²) in [6.07, 6.45) is 3.50. The highest BCUT2D eigenvalue weighted by molar-refractivity contribution is 6.20. The van der Waals surface area contributed by atoms with Crippen molar-refractivity contribution in [2.75, 3.05) is 13.1 Å². The van der Waals surface area contributed by atoms with Crippen molar-refractivity contribution in [3.63, 3.8) is 0 Å². The molecular formula is C14H20ClN. The van der Waals surface area contributed by atoms with Gasteiger partial charge in [0.15, 0.2) is 0 Å². The molecular weight excluding hydrogens is 218 g/mol. The van der Waals surface area contributed by atoms with Crippen molar-refractivity contribution in [2.24, 2.45) is 0 Å². The van der Waals surface area contributed by atoms with Crippen LogP contribution in [0.1, 0.15) is 36.8 Å². The largest absolute Gasteiger partial charge is 0.315 e. The van der Waals surface area contributed by atoms with Gasteiger partial charge in [-0.3, -0.25) is 0 Å². The van der Waals surface area contributed by atoms with Crippen molar-refractivity contribution in [3.05, 3.63) is 35.4 Å². The van der Waals surface area contributed by atoms with Crippen LogP contribution >= 0.6 is 11.6 Å². The van der Waals surface area contributed by atoms with Crippen molar-refractivity contribution in [2.45, 2.75) is 37.5 Å². The minimum Gasteiger partial charge on any atom is -0.315 e. The molecule has 1 nitrogen and oxygen atoms in total. The molecule has 0 spiro atoms. The normalized spacial score (nSPS) is 20.0. The Balaban J connectivity index is 1.70. The first-order valence-corrected chi connectivity index (χ1v) is 6.67. The number of fused-ring (bicyclic) bond motifs is 1. The highest BCUT2D eigenvalue weighted by Crippen LogP contribution is 2.33. The van der Waals surface area contributed by atoms with Gasteiger partial charge in [-0.15, -0.1) is 11.6 Å². The summed E-state index contributed by atoms with van der Waals surface area (Å²) in [6.45, 7) is 4.19. The quantitative estimate of drug-likeness (QED) is 0.749. The van der Waals surface area contributed by atoms with Gasteiger partial charge in [-0.25, -0.2) is 0 Å². The zero-order chi connectivity index (χ0) is 11.4. The van der Waals surface area contributed by atoms with E-state index in [0.29, 0.717) is 11.3 Å². The van der Waals surface area contributed by atoms with Gasteiger partial charge < -0.3 is 5.32 Å². The van der Waals surface area contributed by atoms with Crippen molar-refractivity contribution in [1.29, 1.82) is 0 Å². The van der Waals surface area contributed by atoms with Gasteiger partial charge in [0.2, 0.25) is 0 Å². The van der Waals surface area contributed by atoms with Gasteiger partial charge in [0.1, 0.15) is 0 Å². The number of alkyl halides is 1. The second kappa shape index (κ2) is 5.70. The molecule has 2 rings (SSSR count). The van der Waals surface area contributed by atoms with Crippen LogP contribution in [0.3, 0.4) is 0 Å². The first kappa shape index (κ1) is 11.9. The summed E-state index contributed by atoms with van der Waals surface area (Å²) in [7, 11) is 0. The number of hydrogen-bond acceptors (Lipinski definition) is 1. The third-order valence-corrected chi connectivity index (χ3v) is 3.69. The molecule has 1 aliphatic rings. The van der Waals surface area contributed by atoms with Crippen LogP contribution in [-0.2, 0) is 6.42 Å². The average molecular weight is 238 g/mol. The van der Waals surface area contributed by atoms with E-state index in [2.05, 4.69) is 36.5 Å². The van der Waals surface area contributed by atoms with Gasteiger partial charge in [0.05, 0.1) is 0 Å². The average Bonchev–Trinajstić information content (AvgIpc) is 2.25. The van der Waals surface area contributed by atoms with Crippen LogP contribution in [0.2, 0.25) is 0 Å². The van der Waals surface area contributed by atoms with Crippen LogP contribution in [0, 0.1) is 0 Å². The summed E-state index contributed by atoms with van der Waals surface area (Å²) in [6, 6.07) is 8.73. The lowest BCUT2D eigenvalue weighted by atomic mass is 9.77. The lowest BCUT2D eigenvalue weighted by Crippen LogP contribution is -2.32. The predicted octanol–water partition coefficient (Wildman–Crippen LogP) is 3.32. The fourth-order valence-corrected chi connectivity index (χ4v) is 2.70. The Morgan fingerprint density at radius 2 is 2.25 bits per heavy atom. The Morgan fingerprint density at radius 3 is 3.00 bits per heavy atom. The molecule has 0 bridgehead atoms. The highest BCUT2D eigenvalue weighted by Gasteiger charge is 2.24. The summed E-state index contributed by atoms with van der Waals surface area (Å²) >= 11 is 6.16. The van der Waals surface area contributed by atoms with Crippen LogP contribution in [-0.4, -0.2) is 18.5 Å². The summed E-state index contributed by atoms with van der Waals surface area (Å²) in [5.74, 6) is 0.710. The first-order valence-electron chi connectivity index (χ1n) is 6.24. The van der Waals surface area contributed by atoms with Gasteiger partial charge in [-0.05, 0) is 24.0 Å². The van der Waals surface area contributed by atoms with Gasteiger partial charge in [0.25, 0.3) is 0 Å². The standard InChI is InChI=1S/C14H20ClN/c1-2-5-13(15)10-16-9-12-8-11-6-3-4-7-14(11)12/h3-4,6-7,12-13,16H,2,5,8-10H2,1H3. The Morgan fingerprint density at radius 1 is 1.44 bits per heavy atom. The van der Waals surface area contributed by atoms with Crippen molar-refractivity contribution < 1.29 is 0 Å². The maximum atomic E-state index is 6.16. The van der Waals surface area contributed by atoms with Crippen LogP contribution in [0.15, 0.2) is 24.3 Å². The zero-order valence-electron chi connectivity index (χ0n) is 9.88. The van der Waals surface area contributed by atoms with Gasteiger partial charge in [0, 0.05) is 24.4 Å². The van der Waals surface area contributed by atoms with E-state index >= 15 is 0 Å². The Labute approximate surface area is 103 Å². The molecule has 1 aliphatic carbocycles. The molecule has 16 heavy (non-hydrogen) atoms. The lowest BCUT2D eigenvalue weighted by Gasteiger charge is -2.30. The maximum Gasteiger partial charge on any atom is 0.0460 e. The first-order chi connectivity index (χ1) is 7.81. The summed E-state index contributed by atoms with van der Waals surface area (Å²) in [5, 5.41) is 3.77. The van der Waals surface area contributed by atoms with Gasteiger partial charge in [-0.2, -0.15) is 0 Å². The predicted molar refractivity (Wildman–Crippen MR) is 70.3 cm³/mol. The van der Waals surface area contributed by atoms with E-state index in [9.17, 15) is 0 Å². The molecule has 0 saturated carbocycles. The molecule has 0 radical (unpaired) electrons. The molecule has 0 heterocycles. The molecule has 0 fully saturated rings. The molecule has 0 aliphatic heterocycles. The lowest BCUT2D eigenvalue weighted by molar-refractivity contribution is 0.524. The molecule has 2 heteroatoms. The minimum absolute atomic E-state index is 0.292. The van der Waals surface area contributed by atoms with Crippen LogP contribution in [0.25, 0.3) is 0 Å².